The van der Waals surface area contributed by atoms with Crippen LogP contribution in [0.15, 0.2) is 42.5 Å². The average Bonchev–Trinajstić information content (AvgIpc) is 2.47. The lowest BCUT2D eigenvalue weighted by Gasteiger charge is -2.39. The van der Waals surface area contributed by atoms with Crippen molar-refractivity contribution >= 4 is 10.8 Å². The maximum atomic E-state index is 6.55. The van der Waals surface area contributed by atoms with E-state index >= 15 is 0 Å². The second kappa shape index (κ2) is 4.95. The monoisotopic (exact) mass is 255 g/mol. The summed E-state index contributed by atoms with van der Waals surface area (Å²) in [5.74, 6) is 0. The molecule has 1 saturated heterocycles. The quantitative estimate of drug-likeness (QED) is 0.886. The van der Waals surface area contributed by atoms with Gasteiger partial charge in [-0.15, -0.1) is 0 Å². The van der Waals surface area contributed by atoms with Gasteiger partial charge in [0.2, 0.25) is 0 Å². The van der Waals surface area contributed by atoms with Crippen LogP contribution < -0.4 is 5.73 Å². The highest BCUT2D eigenvalue weighted by molar-refractivity contribution is 5.86. The Labute approximate surface area is 114 Å². The summed E-state index contributed by atoms with van der Waals surface area (Å²) in [5.41, 5.74) is 7.51. The molecule has 3 rings (SSSR count). The fourth-order valence-corrected chi connectivity index (χ4v) is 3.05. The number of hydrogen-bond donors (Lipinski definition) is 1. The van der Waals surface area contributed by atoms with Crippen LogP contribution in [0.5, 0.6) is 0 Å². The molecular weight excluding hydrogens is 234 g/mol. The van der Waals surface area contributed by atoms with E-state index in [4.69, 9.17) is 10.5 Å². The predicted molar refractivity (Wildman–Crippen MR) is 79.1 cm³/mol. The minimum absolute atomic E-state index is 0.0705. The molecule has 2 heteroatoms. The van der Waals surface area contributed by atoms with Crippen molar-refractivity contribution in [3.63, 3.8) is 0 Å². The Morgan fingerprint density at radius 3 is 2.68 bits per heavy atom. The molecule has 19 heavy (non-hydrogen) atoms. The fraction of sp³-hybridized carbons (Fsp3) is 0.412. The summed E-state index contributed by atoms with van der Waals surface area (Å²) in [6, 6.07) is 14.7. The van der Waals surface area contributed by atoms with Gasteiger partial charge in [0.05, 0.1) is 11.6 Å². The van der Waals surface area contributed by atoms with E-state index in [0.717, 1.165) is 19.4 Å². The Morgan fingerprint density at radius 1 is 1.11 bits per heavy atom. The van der Waals surface area contributed by atoms with Gasteiger partial charge in [-0.1, -0.05) is 42.5 Å². The third kappa shape index (κ3) is 2.26. The highest BCUT2D eigenvalue weighted by atomic mass is 16.5. The van der Waals surface area contributed by atoms with Crippen molar-refractivity contribution in [3.05, 3.63) is 48.0 Å². The highest BCUT2D eigenvalue weighted by Crippen LogP contribution is 2.37. The summed E-state index contributed by atoms with van der Waals surface area (Å²) in [6.07, 6.45) is 3.39. The number of hydrogen-bond acceptors (Lipinski definition) is 2. The lowest BCUT2D eigenvalue weighted by Crippen LogP contribution is -2.43. The van der Waals surface area contributed by atoms with E-state index in [1.165, 1.54) is 22.8 Å². The number of ether oxygens (including phenoxy) is 1. The van der Waals surface area contributed by atoms with E-state index in [1.54, 1.807) is 0 Å². The van der Waals surface area contributed by atoms with Gasteiger partial charge in [0.1, 0.15) is 0 Å². The van der Waals surface area contributed by atoms with Crippen LogP contribution in [0.3, 0.4) is 0 Å². The van der Waals surface area contributed by atoms with Gasteiger partial charge in [-0.3, -0.25) is 0 Å². The molecule has 1 aliphatic heterocycles. The number of rotatable bonds is 2. The van der Waals surface area contributed by atoms with Crippen LogP contribution in [0.2, 0.25) is 0 Å². The molecule has 1 aliphatic rings. The first-order valence-electron chi connectivity index (χ1n) is 7.08. The molecule has 2 unspecified atom stereocenters. The van der Waals surface area contributed by atoms with E-state index < -0.39 is 0 Å². The SMILES string of the molecule is CC1(C(N)c2cccc3ccccc23)CCCCO1. The van der Waals surface area contributed by atoms with Crippen LogP contribution in [0.25, 0.3) is 10.8 Å². The summed E-state index contributed by atoms with van der Waals surface area (Å²) >= 11 is 0. The highest BCUT2D eigenvalue weighted by Gasteiger charge is 2.36. The minimum atomic E-state index is -0.234. The van der Waals surface area contributed by atoms with E-state index in [2.05, 4.69) is 49.4 Å². The Hall–Kier alpha value is -1.38. The van der Waals surface area contributed by atoms with Gasteiger partial charge in [-0.05, 0) is 42.5 Å². The minimum Gasteiger partial charge on any atom is -0.373 e. The van der Waals surface area contributed by atoms with Crippen molar-refractivity contribution in [1.29, 1.82) is 0 Å². The normalized spacial score (nSPS) is 25.4. The van der Waals surface area contributed by atoms with Gasteiger partial charge in [0, 0.05) is 6.61 Å². The molecule has 0 radical (unpaired) electrons. The second-order valence-electron chi connectivity index (χ2n) is 5.66. The first-order valence-corrected chi connectivity index (χ1v) is 7.08. The van der Waals surface area contributed by atoms with Crippen molar-refractivity contribution in [2.75, 3.05) is 6.61 Å². The van der Waals surface area contributed by atoms with Gasteiger partial charge in [0.25, 0.3) is 0 Å². The third-order valence-electron chi connectivity index (χ3n) is 4.32. The zero-order valence-electron chi connectivity index (χ0n) is 11.4. The van der Waals surface area contributed by atoms with E-state index in [0.29, 0.717) is 0 Å². The summed E-state index contributed by atoms with van der Waals surface area (Å²) in [6.45, 7) is 2.98. The molecule has 1 fully saturated rings. The van der Waals surface area contributed by atoms with Gasteiger partial charge >= 0.3 is 0 Å². The largest absolute Gasteiger partial charge is 0.373 e. The Morgan fingerprint density at radius 2 is 1.89 bits per heavy atom. The molecule has 100 valence electrons. The standard InChI is InChI=1S/C17H21NO/c1-17(11-4-5-12-19-17)16(18)15-10-6-8-13-7-2-3-9-14(13)15/h2-3,6-10,16H,4-5,11-12,18H2,1H3. The maximum absolute atomic E-state index is 6.55. The van der Waals surface area contributed by atoms with Crippen LogP contribution in [-0.2, 0) is 4.74 Å². The van der Waals surface area contributed by atoms with Gasteiger partial charge < -0.3 is 10.5 Å². The molecule has 0 bridgehead atoms. The lowest BCUT2D eigenvalue weighted by molar-refractivity contribution is -0.0818. The average molecular weight is 255 g/mol. The van der Waals surface area contributed by atoms with E-state index in [1.807, 2.05) is 0 Å². The van der Waals surface area contributed by atoms with E-state index in [-0.39, 0.29) is 11.6 Å². The van der Waals surface area contributed by atoms with E-state index in [9.17, 15) is 0 Å². The van der Waals surface area contributed by atoms with Crippen LogP contribution in [0, 0.1) is 0 Å². The Balaban J connectivity index is 2.03. The second-order valence-corrected chi connectivity index (χ2v) is 5.66. The first kappa shape index (κ1) is 12.6. The Kier molecular flexibility index (Phi) is 3.29. The maximum Gasteiger partial charge on any atom is 0.0846 e. The molecule has 2 aromatic rings. The molecule has 1 heterocycles. The molecule has 2 atom stereocenters. The molecule has 2 N–H and O–H groups in total. The number of nitrogens with two attached hydrogens (primary N) is 1. The number of benzene rings is 2. The molecule has 0 saturated carbocycles. The molecule has 2 aromatic carbocycles. The Bertz CT molecular complexity index is 567. The fourth-order valence-electron chi connectivity index (χ4n) is 3.05. The van der Waals surface area contributed by atoms with Crippen molar-refractivity contribution in [2.45, 2.75) is 37.8 Å². The summed E-state index contributed by atoms with van der Waals surface area (Å²) in [5, 5.41) is 2.49. The molecule has 0 aliphatic carbocycles. The topological polar surface area (TPSA) is 35.2 Å². The van der Waals surface area contributed by atoms with Crippen LogP contribution in [0.1, 0.15) is 37.8 Å². The lowest BCUT2D eigenvalue weighted by atomic mass is 9.83. The zero-order valence-corrected chi connectivity index (χ0v) is 11.4. The molecule has 0 amide bonds. The molecule has 0 aromatic heterocycles. The summed E-state index contributed by atoms with van der Waals surface area (Å²) in [7, 11) is 0. The van der Waals surface area contributed by atoms with Gasteiger partial charge in [0.15, 0.2) is 0 Å². The van der Waals surface area contributed by atoms with Crippen LogP contribution >= 0.6 is 0 Å². The smallest absolute Gasteiger partial charge is 0.0846 e. The van der Waals surface area contributed by atoms with Gasteiger partial charge in [-0.2, -0.15) is 0 Å². The zero-order chi connectivity index (χ0) is 13.3. The summed E-state index contributed by atoms with van der Waals surface area (Å²) < 4.78 is 6.01. The first-order chi connectivity index (χ1) is 9.21. The predicted octanol–water partition coefficient (Wildman–Crippen LogP) is 3.80. The molecule has 0 spiro atoms. The molecular formula is C17H21NO. The van der Waals surface area contributed by atoms with Crippen LogP contribution in [0.4, 0.5) is 0 Å². The van der Waals surface area contributed by atoms with Crippen molar-refractivity contribution < 1.29 is 4.74 Å². The molecule has 2 nitrogen and oxygen atoms in total. The van der Waals surface area contributed by atoms with Crippen LogP contribution in [-0.4, -0.2) is 12.2 Å². The van der Waals surface area contributed by atoms with Gasteiger partial charge in [-0.25, -0.2) is 0 Å². The van der Waals surface area contributed by atoms with Crippen molar-refractivity contribution in [1.82, 2.24) is 0 Å². The summed E-state index contributed by atoms with van der Waals surface area (Å²) in [4.78, 5) is 0. The van der Waals surface area contributed by atoms with Crippen molar-refractivity contribution in [2.24, 2.45) is 5.73 Å². The van der Waals surface area contributed by atoms with Crippen molar-refractivity contribution in [3.8, 4) is 0 Å². The third-order valence-corrected chi connectivity index (χ3v) is 4.32. The number of fused-ring (bicyclic) bond motifs is 1.